The van der Waals surface area contributed by atoms with Gasteiger partial charge in [-0.25, -0.2) is 0 Å². The first-order valence-corrected chi connectivity index (χ1v) is 6.88. The van der Waals surface area contributed by atoms with Crippen molar-refractivity contribution in [3.05, 3.63) is 33.0 Å². The maximum absolute atomic E-state index is 12.4. The molecule has 0 saturated heterocycles. The minimum atomic E-state index is -0.952. The summed E-state index contributed by atoms with van der Waals surface area (Å²) in [5.41, 5.74) is -0.894. The van der Waals surface area contributed by atoms with Crippen LogP contribution in [-0.4, -0.2) is 28.4 Å². The van der Waals surface area contributed by atoms with Crippen LogP contribution >= 0.6 is 23.2 Å². The van der Waals surface area contributed by atoms with E-state index in [1.54, 1.807) is 20.8 Å². The summed E-state index contributed by atoms with van der Waals surface area (Å²) < 4.78 is 5.53. The number of hydrogen-bond donors (Lipinski definition) is 1. The molecule has 4 nitrogen and oxygen atoms in total. The fourth-order valence-electron chi connectivity index (χ4n) is 2.12. The molecule has 0 aromatic heterocycles. The number of aliphatic hydroxyl groups is 1. The van der Waals surface area contributed by atoms with Crippen LogP contribution in [0.15, 0.2) is 33.0 Å². The number of allylic oxidation sites excluding steroid dienone is 4. The van der Waals surface area contributed by atoms with Crippen molar-refractivity contribution >= 4 is 34.8 Å². The smallest absolute Gasteiger partial charge is 0.231 e. The molecule has 2 rings (SSSR count). The minimum absolute atomic E-state index is 0.0316. The zero-order chi connectivity index (χ0) is 15.2. The maximum Gasteiger partial charge on any atom is 0.231 e. The fraction of sp³-hybridized carbons (Fsp3) is 0.429. The van der Waals surface area contributed by atoms with E-state index in [0.29, 0.717) is 0 Å². The Morgan fingerprint density at radius 2 is 2.00 bits per heavy atom. The molecule has 1 aliphatic heterocycles. The van der Waals surface area contributed by atoms with Gasteiger partial charge in [-0.1, -0.05) is 29.3 Å². The van der Waals surface area contributed by atoms with Crippen LogP contribution in [0.4, 0.5) is 0 Å². The summed E-state index contributed by atoms with van der Waals surface area (Å²) in [4.78, 5) is 24.6. The van der Waals surface area contributed by atoms with Gasteiger partial charge in [0.15, 0.2) is 5.76 Å². The highest BCUT2D eigenvalue weighted by Gasteiger charge is 2.45. The molecule has 0 amide bonds. The molecule has 1 aliphatic carbocycles. The predicted molar refractivity (Wildman–Crippen MR) is 75.3 cm³/mol. The first-order valence-electron chi connectivity index (χ1n) is 6.12. The number of Topliss-reactive ketones (excluding diaryl/α,β-unsaturated/α-hetero) is 2. The molecule has 0 aromatic rings. The lowest BCUT2D eigenvalue weighted by molar-refractivity contribution is -0.131. The molecule has 0 saturated carbocycles. The molecule has 1 N–H and O–H groups in total. The van der Waals surface area contributed by atoms with Gasteiger partial charge in [-0.15, -0.1) is 0 Å². The first kappa shape index (κ1) is 15.3. The van der Waals surface area contributed by atoms with Crippen LogP contribution in [-0.2, 0) is 14.3 Å². The standard InChI is InChI=1S/C14H14Cl2O4/c1-4-7(15)9-10(16)11(18)6-5-8(17)14(2,3)20-13(6)12(9)19/h4,8,17H,5H2,1-3H3/b7-4-/t8-/m1/s1. The van der Waals surface area contributed by atoms with E-state index in [0.717, 1.165) is 0 Å². The maximum atomic E-state index is 12.4. The summed E-state index contributed by atoms with van der Waals surface area (Å²) in [6.45, 7) is 4.93. The minimum Gasteiger partial charge on any atom is -0.481 e. The van der Waals surface area contributed by atoms with Crippen molar-refractivity contribution in [2.75, 3.05) is 0 Å². The van der Waals surface area contributed by atoms with E-state index in [2.05, 4.69) is 0 Å². The van der Waals surface area contributed by atoms with Crippen LogP contribution in [0.5, 0.6) is 0 Å². The zero-order valence-corrected chi connectivity index (χ0v) is 12.8. The summed E-state index contributed by atoms with van der Waals surface area (Å²) in [7, 11) is 0. The van der Waals surface area contributed by atoms with Crippen LogP contribution in [0.2, 0.25) is 0 Å². The van der Waals surface area contributed by atoms with Gasteiger partial charge in [-0.05, 0) is 20.8 Å². The lowest BCUT2D eigenvalue weighted by atomic mass is 9.84. The van der Waals surface area contributed by atoms with E-state index in [-0.39, 0.29) is 33.4 Å². The molecule has 0 aromatic carbocycles. The average Bonchev–Trinajstić information content (AvgIpc) is 2.38. The quantitative estimate of drug-likeness (QED) is 0.755. The number of ketones is 2. The van der Waals surface area contributed by atoms with Crippen molar-refractivity contribution in [1.82, 2.24) is 0 Å². The zero-order valence-electron chi connectivity index (χ0n) is 11.3. The molecular formula is C14H14Cl2O4. The molecule has 0 radical (unpaired) electrons. The molecule has 0 unspecified atom stereocenters. The number of carbonyl (C=O) groups is 2. The van der Waals surface area contributed by atoms with E-state index in [1.807, 2.05) is 0 Å². The van der Waals surface area contributed by atoms with Crippen molar-refractivity contribution in [1.29, 1.82) is 0 Å². The molecule has 1 heterocycles. The van der Waals surface area contributed by atoms with E-state index in [1.165, 1.54) is 6.08 Å². The van der Waals surface area contributed by atoms with Crippen LogP contribution in [0.1, 0.15) is 27.2 Å². The number of ether oxygens (including phenoxy) is 1. The van der Waals surface area contributed by atoms with Gasteiger partial charge in [-0.2, -0.15) is 0 Å². The lowest BCUT2D eigenvalue weighted by Gasteiger charge is -2.38. The van der Waals surface area contributed by atoms with Gasteiger partial charge in [0.2, 0.25) is 11.6 Å². The lowest BCUT2D eigenvalue weighted by Crippen LogP contribution is -2.46. The van der Waals surface area contributed by atoms with Gasteiger partial charge in [0, 0.05) is 17.0 Å². The van der Waals surface area contributed by atoms with Crippen molar-refractivity contribution < 1.29 is 19.4 Å². The topological polar surface area (TPSA) is 63.6 Å². The largest absolute Gasteiger partial charge is 0.481 e. The highest BCUT2D eigenvalue weighted by atomic mass is 35.5. The third-order valence-corrected chi connectivity index (χ3v) is 4.23. The Bertz CT molecular complexity index is 596. The summed E-state index contributed by atoms with van der Waals surface area (Å²) >= 11 is 11.9. The number of halogens is 2. The fourth-order valence-corrected chi connectivity index (χ4v) is 2.65. The number of rotatable bonds is 1. The van der Waals surface area contributed by atoms with Gasteiger partial charge >= 0.3 is 0 Å². The molecule has 1 atom stereocenters. The highest BCUT2D eigenvalue weighted by Crippen LogP contribution is 2.40. The Kier molecular flexibility index (Phi) is 3.84. The van der Waals surface area contributed by atoms with Gasteiger partial charge in [0.1, 0.15) is 10.6 Å². The molecule has 20 heavy (non-hydrogen) atoms. The van der Waals surface area contributed by atoms with Crippen molar-refractivity contribution in [3.63, 3.8) is 0 Å². The number of hydrogen-bond acceptors (Lipinski definition) is 4. The molecular weight excluding hydrogens is 303 g/mol. The van der Waals surface area contributed by atoms with Gasteiger partial charge in [0.05, 0.1) is 11.7 Å². The molecule has 6 heteroatoms. The first-order chi connectivity index (χ1) is 9.20. The Labute approximate surface area is 126 Å². The summed E-state index contributed by atoms with van der Waals surface area (Å²) in [5, 5.41) is 9.84. The van der Waals surface area contributed by atoms with Gasteiger partial charge < -0.3 is 9.84 Å². The normalized spacial score (nSPS) is 26.7. The Morgan fingerprint density at radius 3 is 2.55 bits per heavy atom. The molecule has 108 valence electrons. The average molecular weight is 317 g/mol. The van der Waals surface area contributed by atoms with Crippen LogP contribution in [0.25, 0.3) is 0 Å². The third-order valence-electron chi connectivity index (χ3n) is 3.46. The van der Waals surface area contributed by atoms with Crippen LogP contribution in [0.3, 0.4) is 0 Å². The molecule has 0 fully saturated rings. The van der Waals surface area contributed by atoms with E-state index < -0.39 is 23.3 Å². The monoisotopic (exact) mass is 316 g/mol. The highest BCUT2D eigenvalue weighted by molar-refractivity contribution is 6.52. The molecule has 0 bridgehead atoms. The number of aliphatic hydroxyl groups excluding tert-OH is 1. The second kappa shape index (κ2) is 5.02. The summed E-state index contributed by atoms with van der Waals surface area (Å²) in [6, 6.07) is 0. The summed E-state index contributed by atoms with van der Waals surface area (Å²) in [5.74, 6) is -1.11. The van der Waals surface area contributed by atoms with E-state index in [4.69, 9.17) is 27.9 Å². The van der Waals surface area contributed by atoms with E-state index >= 15 is 0 Å². The van der Waals surface area contributed by atoms with E-state index in [9.17, 15) is 14.7 Å². The second-order valence-corrected chi connectivity index (χ2v) is 6.00. The predicted octanol–water partition coefficient (Wildman–Crippen LogP) is 2.59. The van der Waals surface area contributed by atoms with Crippen molar-refractivity contribution in [2.45, 2.75) is 38.9 Å². The van der Waals surface area contributed by atoms with Crippen molar-refractivity contribution in [2.24, 2.45) is 0 Å². The third kappa shape index (κ3) is 2.22. The molecule has 2 aliphatic rings. The SMILES string of the molecule is C/C=C(\Cl)C1=C(Cl)C(=O)C2=C(OC(C)(C)[C@H](O)C2)C1=O. The molecule has 0 spiro atoms. The van der Waals surface area contributed by atoms with Gasteiger partial charge in [0.25, 0.3) is 0 Å². The van der Waals surface area contributed by atoms with Gasteiger partial charge in [-0.3, -0.25) is 9.59 Å². The Balaban J connectivity index is 2.56. The van der Waals surface area contributed by atoms with Crippen molar-refractivity contribution in [3.8, 4) is 0 Å². The Morgan fingerprint density at radius 1 is 1.40 bits per heavy atom. The van der Waals surface area contributed by atoms with Crippen LogP contribution < -0.4 is 0 Å². The number of carbonyl (C=O) groups excluding carboxylic acids is 2. The Hall–Kier alpha value is -1.10. The second-order valence-electron chi connectivity index (χ2n) is 5.22. The summed E-state index contributed by atoms with van der Waals surface area (Å²) in [6.07, 6.45) is 0.629. The van der Waals surface area contributed by atoms with Crippen LogP contribution in [0, 0.1) is 0 Å².